The summed E-state index contributed by atoms with van der Waals surface area (Å²) >= 11 is 1.57. The third-order valence-corrected chi connectivity index (χ3v) is 7.86. The fourth-order valence-corrected chi connectivity index (χ4v) is 5.68. The summed E-state index contributed by atoms with van der Waals surface area (Å²) in [6.07, 6.45) is 3.22. The Morgan fingerprint density at radius 3 is 2.23 bits per heavy atom. The Morgan fingerprint density at radius 1 is 0.949 bits per heavy atom. The monoisotopic (exact) mass is 546 g/mol. The van der Waals surface area contributed by atoms with Crippen LogP contribution in [0, 0.1) is 6.92 Å². The molecule has 208 valence electrons. The van der Waals surface area contributed by atoms with E-state index in [9.17, 15) is 14.7 Å². The van der Waals surface area contributed by atoms with Crippen molar-refractivity contribution in [2.75, 3.05) is 12.0 Å². The van der Waals surface area contributed by atoms with E-state index in [1.807, 2.05) is 55.6 Å². The van der Waals surface area contributed by atoms with Crippen molar-refractivity contribution in [1.82, 2.24) is 10.2 Å². The molecule has 0 saturated heterocycles. The molecule has 0 radical (unpaired) electrons. The van der Waals surface area contributed by atoms with Crippen LogP contribution < -0.4 is 5.32 Å². The first kappa shape index (κ1) is 30.5. The summed E-state index contributed by atoms with van der Waals surface area (Å²) in [5.74, 6) is -0.719. The van der Waals surface area contributed by atoms with Gasteiger partial charge >= 0.3 is 5.97 Å². The molecule has 3 aromatic carbocycles. The minimum absolute atomic E-state index is 0.0968. The van der Waals surface area contributed by atoms with Crippen LogP contribution in [0.5, 0.6) is 0 Å². The minimum Gasteiger partial charge on any atom is -0.480 e. The maximum absolute atomic E-state index is 13.4. The third-order valence-electron chi connectivity index (χ3n) is 7.21. The van der Waals surface area contributed by atoms with Crippen LogP contribution in [0.25, 0.3) is 11.1 Å². The molecule has 3 rings (SSSR count). The van der Waals surface area contributed by atoms with Crippen molar-refractivity contribution < 1.29 is 14.7 Å². The zero-order chi connectivity index (χ0) is 28.6. The van der Waals surface area contributed by atoms with Gasteiger partial charge in [0, 0.05) is 23.7 Å². The van der Waals surface area contributed by atoms with Gasteiger partial charge in [0.05, 0.1) is 0 Å². The Labute approximate surface area is 238 Å². The lowest BCUT2D eigenvalue weighted by atomic mass is 9.90. The van der Waals surface area contributed by atoms with Crippen molar-refractivity contribution >= 4 is 23.6 Å². The molecule has 5 nitrogen and oxygen atoms in total. The van der Waals surface area contributed by atoms with Crippen molar-refractivity contribution in [3.05, 3.63) is 95.1 Å². The van der Waals surface area contributed by atoms with Crippen molar-refractivity contribution in [3.8, 4) is 11.1 Å². The van der Waals surface area contributed by atoms with Crippen molar-refractivity contribution in [2.24, 2.45) is 0 Å². The number of aryl methyl sites for hydroxylation is 1. The first-order valence-corrected chi connectivity index (χ1v) is 14.9. The molecule has 2 N–H and O–H groups in total. The molecule has 39 heavy (non-hydrogen) atoms. The maximum Gasteiger partial charge on any atom is 0.326 e. The number of rotatable bonds is 13. The van der Waals surface area contributed by atoms with Gasteiger partial charge in [-0.1, -0.05) is 60.7 Å². The van der Waals surface area contributed by atoms with Gasteiger partial charge in [-0.25, -0.2) is 4.79 Å². The third kappa shape index (κ3) is 8.20. The summed E-state index contributed by atoms with van der Waals surface area (Å²) in [4.78, 5) is 27.8. The number of carboxylic acids is 1. The Balaban J connectivity index is 1.98. The Morgan fingerprint density at radius 2 is 1.62 bits per heavy atom. The first-order valence-electron chi connectivity index (χ1n) is 13.6. The summed E-state index contributed by atoms with van der Waals surface area (Å²) in [6.45, 7) is 11.8. The van der Waals surface area contributed by atoms with Gasteiger partial charge < -0.3 is 10.4 Å². The smallest absolute Gasteiger partial charge is 0.326 e. The quantitative estimate of drug-likeness (QED) is 0.246. The van der Waals surface area contributed by atoms with E-state index in [1.165, 1.54) is 5.56 Å². The molecule has 1 amide bonds. The maximum atomic E-state index is 13.4. The highest BCUT2D eigenvalue weighted by Crippen LogP contribution is 2.31. The fourth-order valence-electron chi connectivity index (χ4n) is 5.20. The van der Waals surface area contributed by atoms with Gasteiger partial charge in [-0.05, 0) is 99.4 Å². The summed E-state index contributed by atoms with van der Waals surface area (Å²) < 4.78 is 0. The number of thioether (sulfide) groups is 1. The summed E-state index contributed by atoms with van der Waals surface area (Å²) in [5, 5.41) is 12.4. The van der Waals surface area contributed by atoms with Crippen LogP contribution in [0.15, 0.2) is 72.8 Å². The Kier molecular flexibility index (Phi) is 10.8. The van der Waals surface area contributed by atoms with Crippen molar-refractivity contribution in [2.45, 2.75) is 71.6 Å². The highest BCUT2D eigenvalue weighted by molar-refractivity contribution is 7.98. The van der Waals surface area contributed by atoms with E-state index >= 15 is 0 Å². The molecule has 1 atom stereocenters. The highest BCUT2D eigenvalue weighted by atomic mass is 32.2. The van der Waals surface area contributed by atoms with E-state index in [2.05, 4.69) is 68.2 Å². The lowest BCUT2D eigenvalue weighted by Crippen LogP contribution is -2.48. The Hall–Kier alpha value is -3.09. The lowest BCUT2D eigenvalue weighted by molar-refractivity contribution is -0.139. The second kappa shape index (κ2) is 13.8. The lowest BCUT2D eigenvalue weighted by Gasteiger charge is -2.42. The van der Waals surface area contributed by atoms with Gasteiger partial charge in [0.1, 0.15) is 6.04 Å². The van der Waals surface area contributed by atoms with Crippen LogP contribution >= 0.6 is 11.8 Å². The second-order valence-corrected chi connectivity index (χ2v) is 12.0. The SMILES string of the molecule is CSCCC(NC(=O)c1ccc(CN(C(C)C)C(C)(C)Cc2ccccc2)cc1-c1ccccc1C)C(=O)O. The summed E-state index contributed by atoms with van der Waals surface area (Å²) in [7, 11) is 0. The normalized spacial score (nSPS) is 12.5. The number of nitrogens with zero attached hydrogens (tertiary/aromatic N) is 1. The number of carbonyl (C=O) groups excluding carboxylic acids is 1. The van der Waals surface area contributed by atoms with E-state index < -0.39 is 12.0 Å². The van der Waals surface area contributed by atoms with Gasteiger partial charge in [-0.2, -0.15) is 11.8 Å². The van der Waals surface area contributed by atoms with Crippen LogP contribution in [0.2, 0.25) is 0 Å². The average molecular weight is 547 g/mol. The molecule has 0 aromatic heterocycles. The molecular formula is C33H42N2O3S. The predicted octanol–water partition coefficient (Wildman–Crippen LogP) is 6.83. The molecule has 0 saturated carbocycles. The molecule has 0 aliphatic carbocycles. The summed E-state index contributed by atoms with van der Waals surface area (Å²) in [6, 6.07) is 23.9. The van der Waals surface area contributed by atoms with Crippen molar-refractivity contribution in [1.29, 1.82) is 0 Å². The van der Waals surface area contributed by atoms with Crippen LogP contribution in [0.4, 0.5) is 0 Å². The van der Waals surface area contributed by atoms with Gasteiger partial charge in [0.25, 0.3) is 5.91 Å². The number of hydrogen-bond acceptors (Lipinski definition) is 4. The fraction of sp³-hybridized carbons (Fsp3) is 0.394. The zero-order valence-corrected chi connectivity index (χ0v) is 24.8. The number of carbonyl (C=O) groups is 2. The number of hydrogen-bond donors (Lipinski definition) is 2. The first-order chi connectivity index (χ1) is 18.5. The van der Waals surface area contributed by atoms with Crippen molar-refractivity contribution in [3.63, 3.8) is 0 Å². The molecule has 0 aliphatic rings. The second-order valence-electron chi connectivity index (χ2n) is 11.0. The van der Waals surface area contributed by atoms with Crippen LogP contribution in [-0.2, 0) is 17.8 Å². The van der Waals surface area contributed by atoms with Gasteiger partial charge in [-0.15, -0.1) is 0 Å². The zero-order valence-electron chi connectivity index (χ0n) is 24.0. The molecule has 0 fully saturated rings. The van der Waals surface area contributed by atoms with Crippen LogP contribution in [0.3, 0.4) is 0 Å². The average Bonchev–Trinajstić information content (AvgIpc) is 2.89. The number of nitrogens with one attached hydrogen (secondary N) is 1. The molecule has 0 heterocycles. The number of benzene rings is 3. The van der Waals surface area contributed by atoms with Gasteiger partial charge in [-0.3, -0.25) is 9.69 Å². The van der Waals surface area contributed by atoms with E-state index in [4.69, 9.17) is 0 Å². The summed E-state index contributed by atoms with van der Waals surface area (Å²) in [5.41, 5.74) is 5.66. The highest BCUT2D eigenvalue weighted by Gasteiger charge is 2.30. The Bertz CT molecular complexity index is 1260. The van der Waals surface area contributed by atoms with E-state index in [-0.39, 0.29) is 11.4 Å². The largest absolute Gasteiger partial charge is 0.480 e. The molecule has 0 spiro atoms. The molecule has 0 bridgehead atoms. The van der Waals surface area contributed by atoms with E-state index in [0.717, 1.165) is 35.2 Å². The molecular weight excluding hydrogens is 504 g/mol. The van der Waals surface area contributed by atoms with Crippen LogP contribution in [0.1, 0.15) is 61.2 Å². The van der Waals surface area contributed by atoms with Gasteiger partial charge in [0.2, 0.25) is 0 Å². The molecule has 3 aromatic rings. The molecule has 0 aliphatic heterocycles. The van der Waals surface area contributed by atoms with Gasteiger partial charge in [0.15, 0.2) is 0 Å². The molecule has 6 heteroatoms. The minimum atomic E-state index is -1.01. The number of aliphatic carboxylic acids is 1. The number of carboxylic acid groups (broad SMARTS) is 1. The standard InChI is InChI=1S/C33H42N2O3S/c1-23(2)35(33(4,5)21-25-13-8-7-9-14-25)22-26-16-17-28(29(20-26)27-15-11-10-12-24(27)3)31(36)34-30(32(37)38)18-19-39-6/h7-17,20,23,30H,18-19,21-22H2,1-6H3,(H,34,36)(H,37,38). The van der Waals surface area contributed by atoms with Crippen LogP contribution in [-0.4, -0.2) is 51.5 Å². The predicted molar refractivity (Wildman–Crippen MR) is 163 cm³/mol. The molecule has 1 unspecified atom stereocenters. The topological polar surface area (TPSA) is 69.6 Å². The van der Waals surface area contributed by atoms with E-state index in [1.54, 1.807) is 11.8 Å². The van der Waals surface area contributed by atoms with E-state index in [0.29, 0.717) is 23.8 Å². The number of amides is 1.